The first kappa shape index (κ1) is 21.6. The molecule has 0 radical (unpaired) electrons. The van der Waals surface area contributed by atoms with Crippen LogP contribution in [-0.4, -0.2) is 20.5 Å². The predicted molar refractivity (Wildman–Crippen MR) is 142 cm³/mol. The van der Waals surface area contributed by atoms with E-state index in [1.54, 1.807) is 17.0 Å². The van der Waals surface area contributed by atoms with Crippen molar-refractivity contribution in [3.63, 3.8) is 0 Å². The Bertz CT molecular complexity index is 1970. The maximum Gasteiger partial charge on any atom is 0.291 e. The molecule has 1 aliphatic heterocycles. The maximum atomic E-state index is 13.7. The highest BCUT2D eigenvalue weighted by atomic mass is 32.1. The molecule has 1 amide bonds. The number of nitrogens with zero attached hydrogens (tertiary/aromatic N) is 4. The number of para-hydroxylation sites is 1. The Labute approximate surface area is 213 Å². The number of benzene rings is 4. The number of anilines is 1. The molecule has 3 heterocycles. The number of halogens is 1. The van der Waals surface area contributed by atoms with E-state index in [0.717, 1.165) is 33.2 Å². The molecule has 2 aromatic heterocycles. The normalized spacial score (nSPS) is 14.6. The fourth-order valence-corrected chi connectivity index (χ4v) is 5.85. The molecule has 4 aromatic carbocycles. The van der Waals surface area contributed by atoms with Gasteiger partial charge in [-0.3, -0.25) is 9.59 Å². The number of amides is 1. The maximum absolute atomic E-state index is 13.7. The molecule has 6 nitrogen and oxygen atoms in total. The fourth-order valence-electron chi connectivity index (χ4n) is 4.85. The molecule has 0 spiro atoms. The van der Waals surface area contributed by atoms with Crippen molar-refractivity contribution in [3.8, 4) is 11.4 Å². The molecule has 0 fully saturated rings. The number of thiazole rings is 1. The average Bonchev–Trinajstić information content (AvgIpc) is 3.56. The summed E-state index contributed by atoms with van der Waals surface area (Å²) < 4.78 is 15.0. The minimum absolute atomic E-state index is 0.264. The summed E-state index contributed by atoms with van der Waals surface area (Å²) in [4.78, 5) is 33.9. The number of carbonyl (C=O) groups is 1. The number of hydrogen-bond acceptors (Lipinski definition) is 5. The number of carbonyl (C=O) groups excluding carboxylic acids is 1. The van der Waals surface area contributed by atoms with Gasteiger partial charge in [-0.15, -0.1) is 5.10 Å². The van der Waals surface area contributed by atoms with Crippen molar-refractivity contribution in [1.82, 2.24) is 14.6 Å². The Kier molecular flexibility index (Phi) is 4.77. The third kappa shape index (κ3) is 3.37. The SMILES string of the molecule is O=C1C(=c2sc3nc(-c4cccc5ccccc45)nn3c2=O)c2ccccc2N1Cc1ccc(F)cc1. The molecule has 0 atom stereocenters. The molecule has 1 aliphatic rings. The lowest BCUT2D eigenvalue weighted by molar-refractivity contribution is -0.113. The van der Waals surface area contributed by atoms with Crippen LogP contribution in [0.2, 0.25) is 0 Å². The second-order valence-corrected chi connectivity index (χ2v) is 9.78. The van der Waals surface area contributed by atoms with Crippen LogP contribution in [0.1, 0.15) is 11.1 Å². The lowest BCUT2D eigenvalue weighted by atomic mass is 10.0. The first-order valence-corrected chi connectivity index (χ1v) is 12.5. The van der Waals surface area contributed by atoms with E-state index in [-0.39, 0.29) is 23.8 Å². The molecule has 0 saturated heterocycles. The summed E-state index contributed by atoms with van der Waals surface area (Å²) in [6.45, 7) is 0.264. The first-order valence-electron chi connectivity index (χ1n) is 11.7. The molecule has 178 valence electrons. The topological polar surface area (TPSA) is 67.6 Å². The zero-order valence-corrected chi connectivity index (χ0v) is 20.1. The second kappa shape index (κ2) is 8.18. The largest absolute Gasteiger partial charge is 0.303 e. The molecule has 7 rings (SSSR count). The van der Waals surface area contributed by atoms with Gasteiger partial charge >= 0.3 is 0 Å². The summed E-state index contributed by atoms with van der Waals surface area (Å²) >= 11 is 1.16. The van der Waals surface area contributed by atoms with Gasteiger partial charge in [-0.2, -0.15) is 9.50 Å². The Balaban J connectivity index is 1.37. The van der Waals surface area contributed by atoms with E-state index < -0.39 is 0 Å². The highest BCUT2D eigenvalue weighted by Crippen LogP contribution is 2.36. The third-order valence-electron chi connectivity index (χ3n) is 6.59. The molecule has 0 saturated carbocycles. The van der Waals surface area contributed by atoms with Crippen LogP contribution in [-0.2, 0) is 11.3 Å². The molecular formula is C29H17FN4O2S. The summed E-state index contributed by atoms with van der Waals surface area (Å²) in [5.41, 5.74) is 2.99. The van der Waals surface area contributed by atoms with Gasteiger partial charge in [0.25, 0.3) is 11.5 Å². The van der Waals surface area contributed by atoms with Crippen LogP contribution < -0.4 is 15.0 Å². The Morgan fingerprint density at radius 2 is 1.54 bits per heavy atom. The second-order valence-electron chi connectivity index (χ2n) is 8.80. The zero-order chi connectivity index (χ0) is 25.1. The van der Waals surface area contributed by atoms with Gasteiger partial charge in [0, 0.05) is 11.1 Å². The molecule has 0 bridgehead atoms. The summed E-state index contributed by atoms with van der Waals surface area (Å²) in [5, 5.41) is 6.59. The van der Waals surface area contributed by atoms with Crippen LogP contribution >= 0.6 is 11.3 Å². The van der Waals surface area contributed by atoms with Gasteiger partial charge in [0.05, 0.1) is 17.8 Å². The highest BCUT2D eigenvalue weighted by Gasteiger charge is 2.34. The van der Waals surface area contributed by atoms with E-state index in [0.29, 0.717) is 32.1 Å². The van der Waals surface area contributed by atoms with Crippen LogP contribution in [0.25, 0.3) is 32.7 Å². The molecule has 6 aromatic rings. The van der Waals surface area contributed by atoms with Crippen molar-refractivity contribution < 1.29 is 9.18 Å². The van der Waals surface area contributed by atoms with Crippen LogP contribution in [0.15, 0.2) is 95.8 Å². The van der Waals surface area contributed by atoms with E-state index in [2.05, 4.69) is 10.1 Å². The monoisotopic (exact) mass is 504 g/mol. The van der Waals surface area contributed by atoms with Crippen molar-refractivity contribution in [1.29, 1.82) is 0 Å². The predicted octanol–water partition coefficient (Wildman–Crippen LogP) is 4.58. The first-order chi connectivity index (χ1) is 18.1. The van der Waals surface area contributed by atoms with Crippen molar-refractivity contribution in [3.05, 3.63) is 123 Å². The summed E-state index contributed by atoms with van der Waals surface area (Å²) in [6.07, 6.45) is 0. The molecule has 0 unspecified atom stereocenters. The van der Waals surface area contributed by atoms with E-state index in [1.165, 1.54) is 16.6 Å². The number of rotatable bonds is 3. The van der Waals surface area contributed by atoms with Crippen molar-refractivity contribution in [2.24, 2.45) is 0 Å². The fraction of sp³-hybridized carbons (Fsp3) is 0.0345. The van der Waals surface area contributed by atoms with Gasteiger partial charge in [0.15, 0.2) is 5.82 Å². The Hall–Kier alpha value is -4.69. The number of aromatic nitrogens is 3. The van der Waals surface area contributed by atoms with Crippen LogP contribution in [0.3, 0.4) is 0 Å². The van der Waals surface area contributed by atoms with E-state index in [1.807, 2.05) is 66.7 Å². The minimum Gasteiger partial charge on any atom is -0.303 e. The van der Waals surface area contributed by atoms with Gasteiger partial charge in [0.1, 0.15) is 10.3 Å². The molecule has 0 aliphatic carbocycles. The average molecular weight is 505 g/mol. The van der Waals surface area contributed by atoms with Gasteiger partial charge in [-0.1, -0.05) is 84.1 Å². The quantitative estimate of drug-likeness (QED) is 0.354. The third-order valence-corrected chi connectivity index (χ3v) is 7.62. The van der Waals surface area contributed by atoms with Gasteiger partial charge < -0.3 is 4.90 Å². The van der Waals surface area contributed by atoms with Gasteiger partial charge in [-0.05, 0) is 34.5 Å². The number of hydrogen-bond donors (Lipinski definition) is 0. The summed E-state index contributed by atoms with van der Waals surface area (Å²) in [6, 6.07) is 27.3. The molecule has 37 heavy (non-hydrogen) atoms. The summed E-state index contributed by atoms with van der Waals surface area (Å²) in [7, 11) is 0. The van der Waals surface area contributed by atoms with E-state index in [9.17, 15) is 14.0 Å². The van der Waals surface area contributed by atoms with Crippen LogP contribution in [0.4, 0.5) is 10.1 Å². The van der Waals surface area contributed by atoms with Crippen molar-refractivity contribution in [2.45, 2.75) is 6.54 Å². The van der Waals surface area contributed by atoms with Crippen LogP contribution in [0.5, 0.6) is 0 Å². The lowest BCUT2D eigenvalue weighted by Crippen LogP contribution is -2.32. The van der Waals surface area contributed by atoms with Gasteiger partial charge in [-0.25, -0.2) is 4.39 Å². The molecule has 8 heteroatoms. The minimum atomic E-state index is -0.374. The zero-order valence-electron chi connectivity index (χ0n) is 19.3. The standard InChI is InChI=1S/C29H17FN4O2S/c30-19-14-12-17(13-15-19)16-33-23-11-4-3-9-22(23)24(27(33)35)25-28(36)34-29(37-25)31-26(32-34)21-10-5-7-18-6-1-2-8-20(18)21/h1-15H,16H2. The summed E-state index contributed by atoms with van der Waals surface area (Å²) in [5.74, 6) is -0.147. The number of fused-ring (bicyclic) bond motifs is 3. The van der Waals surface area contributed by atoms with Crippen molar-refractivity contribution in [2.75, 3.05) is 4.90 Å². The van der Waals surface area contributed by atoms with E-state index in [4.69, 9.17) is 0 Å². The lowest BCUT2D eigenvalue weighted by Gasteiger charge is -2.17. The highest BCUT2D eigenvalue weighted by molar-refractivity contribution is 7.15. The Morgan fingerprint density at radius 1 is 0.811 bits per heavy atom. The van der Waals surface area contributed by atoms with Crippen LogP contribution in [0, 0.1) is 5.82 Å². The molecular weight excluding hydrogens is 487 g/mol. The van der Waals surface area contributed by atoms with Gasteiger partial charge in [0.2, 0.25) is 4.96 Å². The Morgan fingerprint density at radius 3 is 2.38 bits per heavy atom. The smallest absolute Gasteiger partial charge is 0.291 e. The van der Waals surface area contributed by atoms with Crippen molar-refractivity contribution >= 4 is 44.2 Å². The van der Waals surface area contributed by atoms with E-state index >= 15 is 0 Å². The molecule has 0 N–H and O–H groups in total.